The van der Waals surface area contributed by atoms with Crippen molar-refractivity contribution in [3.05, 3.63) is 0 Å². The van der Waals surface area contributed by atoms with Crippen molar-refractivity contribution in [2.75, 3.05) is 20.1 Å². The zero-order valence-electron chi connectivity index (χ0n) is 9.17. The van der Waals surface area contributed by atoms with E-state index in [1.807, 2.05) is 0 Å². The lowest BCUT2D eigenvalue weighted by Gasteiger charge is -2.29. The van der Waals surface area contributed by atoms with Crippen molar-refractivity contribution < 1.29 is 13.2 Å². The highest BCUT2D eigenvalue weighted by atomic mass is 19.4. The number of nitriles is 1. The molecule has 1 aliphatic rings. The molecule has 0 spiro atoms. The number of halogens is 3. The number of nitrogens with zero attached hydrogens (tertiary/aromatic N) is 2. The minimum atomic E-state index is -4.45. The van der Waals surface area contributed by atoms with E-state index in [-0.39, 0.29) is 12.6 Å². The van der Waals surface area contributed by atoms with Crippen LogP contribution in [0.15, 0.2) is 0 Å². The van der Waals surface area contributed by atoms with E-state index in [0.29, 0.717) is 12.5 Å². The van der Waals surface area contributed by atoms with Gasteiger partial charge in [0.25, 0.3) is 0 Å². The predicted molar refractivity (Wildman–Crippen MR) is 53.4 cm³/mol. The van der Waals surface area contributed by atoms with Crippen molar-refractivity contribution in [3.8, 4) is 6.07 Å². The average molecular weight is 235 g/mol. The third-order valence-corrected chi connectivity index (χ3v) is 3.00. The summed E-state index contributed by atoms with van der Waals surface area (Å²) in [5.74, 6) is -1.52. The third-order valence-electron chi connectivity index (χ3n) is 3.00. The predicted octanol–water partition coefficient (Wildman–Crippen LogP) is 1.36. The fourth-order valence-corrected chi connectivity index (χ4v) is 1.85. The van der Waals surface area contributed by atoms with Crippen LogP contribution in [0.4, 0.5) is 13.2 Å². The Balaban J connectivity index is 2.54. The Morgan fingerprint density at radius 3 is 2.38 bits per heavy atom. The van der Waals surface area contributed by atoms with E-state index in [1.165, 1.54) is 6.07 Å². The van der Waals surface area contributed by atoms with Gasteiger partial charge in [0.1, 0.15) is 0 Å². The number of hydrogen-bond acceptors (Lipinski definition) is 3. The lowest BCUT2D eigenvalue weighted by molar-refractivity contribution is -0.163. The molecule has 2 unspecified atom stereocenters. The second-order valence-corrected chi connectivity index (χ2v) is 4.30. The van der Waals surface area contributed by atoms with Crippen LogP contribution in [0.1, 0.15) is 12.8 Å². The SMILES string of the molecule is CN(CC(C#N)C(F)(F)F)C(CN)C1CC1. The van der Waals surface area contributed by atoms with Gasteiger partial charge in [-0.3, -0.25) is 0 Å². The zero-order chi connectivity index (χ0) is 12.3. The number of hydrogen-bond donors (Lipinski definition) is 1. The van der Waals surface area contributed by atoms with Gasteiger partial charge in [-0.1, -0.05) is 0 Å². The minimum Gasteiger partial charge on any atom is -0.329 e. The molecule has 1 aliphatic carbocycles. The smallest absolute Gasteiger partial charge is 0.329 e. The van der Waals surface area contributed by atoms with Gasteiger partial charge in [0.2, 0.25) is 0 Å². The fraction of sp³-hybridized carbons (Fsp3) is 0.900. The first-order chi connectivity index (χ1) is 7.40. The highest BCUT2D eigenvalue weighted by Crippen LogP contribution is 2.35. The lowest BCUT2D eigenvalue weighted by Crippen LogP contribution is -2.44. The second-order valence-electron chi connectivity index (χ2n) is 4.30. The number of nitrogens with two attached hydrogens (primary N) is 1. The van der Waals surface area contributed by atoms with E-state index < -0.39 is 12.1 Å². The van der Waals surface area contributed by atoms with Gasteiger partial charge in [-0.25, -0.2) is 0 Å². The van der Waals surface area contributed by atoms with Crippen molar-refractivity contribution in [1.82, 2.24) is 4.90 Å². The molecule has 1 fully saturated rings. The van der Waals surface area contributed by atoms with Crippen LogP contribution in [0.25, 0.3) is 0 Å². The molecular formula is C10H16F3N3. The molecule has 0 aromatic carbocycles. The molecule has 0 aromatic rings. The van der Waals surface area contributed by atoms with E-state index in [4.69, 9.17) is 11.0 Å². The van der Waals surface area contributed by atoms with E-state index in [0.717, 1.165) is 12.8 Å². The van der Waals surface area contributed by atoms with E-state index in [1.54, 1.807) is 11.9 Å². The highest BCUT2D eigenvalue weighted by molar-refractivity contribution is 4.94. The van der Waals surface area contributed by atoms with Crippen LogP contribution in [0, 0.1) is 23.2 Å². The maximum atomic E-state index is 12.4. The fourth-order valence-electron chi connectivity index (χ4n) is 1.85. The van der Waals surface area contributed by atoms with Gasteiger partial charge in [0.05, 0.1) is 6.07 Å². The van der Waals surface area contributed by atoms with Gasteiger partial charge in [-0.05, 0) is 25.8 Å². The highest BCUT2D eigenvalue weighted by Gasteiger charge is 2.42. The molecule has 2 atom stereocenters. The molecule has 1 rings (SSSR count). The summed E-state index contributed by atoms with van der Waals surface area (Å²) in [5, 5.41) is 8.49. The van der Waals surface area contributed by atoms with Crippen LogP contribution < -0.4 is 5.73 Å². The Labute approximate surface area is 93.0 Å². The molecule has 0 amide bonds. The molecule has 0 bridgehead atoms. The molecule has 0 saturated heterocycles. The third kappa shape index (κ3) is 3.35. The largest absolute Gasteiger partial charge is 0.405 e. The van der Waals surface area contributed by atoms with Crippen molar-refractivity contribution in [3.63, 3.8) is 0 Å². The molecule has 0 aromatic heterocycles. The summed E-state index contributed by atoms with van der Waals surface area (Å²) < 4.78 is 37.2. The van der Waals surface area contributed by atoms with Crippen LogP contribution in [0.3, 0.4) is 0 Å². The van der Waals surface area contributed by atoms with Crippen LogP contribution in [0.2, 0.25) is 0 Å². The standard InChI is InChI=1S/C10H16F3N3/c1-16(9(5-15)7-2-3-7)6-8(4-14)10(11,12)13/h7-9H,2-3,5-6,15H2,1H3. The normalized spacial score (nSPS) is 20.6. The van der Waals surface area contributed by atoms with Crippen LogP contribution in [0.5, 0.6) is 0 Å². The summed E-state index contributed by atoms with van der Waals surface area (Å²) in [6.45, 7) is 0.0511. The van der Waals surface area contributed by atoms with Crippen LogP contribution in [-0.4, -0.2) is 37.3 Å². The van der Waals surface area contributed by atoms with Gasteiger partial charge in [0, 0.05) is 19.1 Å². The first-order valence-electron chi connectivity index (χ1n) is 5.26. The van der Waals surface area contributed by atoms with Gasteiger partial charge in [0.15, 0.2) is 5.92 Å². The first-order valence-corrected chi connectivity index (χ1v) is 5.26. The molecule has 0 radical (unpaired) electrons. The summed E-state index contributed by atoms with van der Waals surface area (Å²) in [7, 11) is 1.60. The number of likely N-dealkylation sites (N-methyl/N-ethyl adjacent to an activating group) is 1. The molecule has 16 heavy (non-hydrogen) atoms. The van der Waals surface area contributed by atoms with Crippen molar-refractivity contribution in [1.29, 1.82) is 5.26 Å². The summed E-state index contributed by atoms with van der Waals surface area (Å²) >= 11 is 0. The van der Waals surface area contributed by atoms with Gasteiger partial charge in [-0.2, -0.15) is 18.4 Å². The summed E-state index contributed by atoms with van der Waals surface area (Å²) in [6.07, 6.45) is -2.41. The average Bonchev–Trinajstić information content (AvgIpc) is 2.97. The Hall–Kier alpha value is -0.800. The van der Waals surface area contributed by atoms with Crippen molar-refractivity contribution >= 4 is 0 Å². The van der Waals surface area contributed by atoms with E-state index >= 15 is 0 Å². The Morgan fingerprint density at radius 2 is 2.06 bits per heavy atom. The van der Waals surface area contributed by atoms with Crippen LogP contribution in [-0.2, 0) is 0 Å². The molecule has 1 saturated carbocycles. The van der Waals surface area contributed by atoms with Gasteiger partial charge < -0.3 is 10.6 Å². The minimum absolute atomic E-state index is 0.0294. The zero-order valence-corrected chi connectivity index (χ0v) is 9.17. The molecule has 2 N–H and O–H groups in total. The summed E-state index contributed by atoms with van der Waals surface area (Å²) in [4.78, 5) is 1.57. The van der Waals surface area contributed by atoms with Crippen LogP contribution >= 0.6 is 0 Å². The second kappa shape index (κ2) is 5.02. The topological polar surface area (TPSA) is 53.0 Å². The first kappa shape index (κ1) is 13.3. The molecule has 92 valence electrons. The van der Waals surface area contributed by atoms with Gasteiger partial charge >= 0.3 is 6.18 Å². The maximum absolute atomic E-state index is 12.4. The molecule has 0 aliphatic heterocycles. The number of alkyl halides is 3. The van der Waals surface area contributed by atoms with Crippen molar-refractivity contribution in [2.24, 2.45) is 17.6 Å². The monoisotopic (exact) mass is 235 g/mol. The van der Waals surface area contributed by atoms with E-state index in [2.05, 4.69) is 0 Å². The maximum Gasteiger partial charge on any atom is 0.405 e. The quantitative estimate of drug-likeness (QED) is 0.782. The molecule has 3 nitrogen and oxygen atoms in total. The molecule has 6 heteroatoms. The van der Waals surface area contributed by atoms with Crippen molar-refractivity contribution in [2.45, 2.75) is 25.1 Å². The Bertz CT molecular complexity index is 267. The van der Waals surface area contributed by atoms with Gasteiger partial charge in [-0.15, -0.1) is 0 Å². The Kier molecular flexibility index (Phi) is 4.16. The lowest BCUT2D eigenvalue weighted by atomic mass is 10.1. The molecular weight excluding hydrogens is 219 g/mol. The summed E-state index contributed by atoms with van der Waals surface area (Å²) in [6, 6.07) is 1.27. The molecule has 0 heterocycles. The Morgan fingerprint density at radius 1 is 1.50 bits per heavy atom. The summed E-state index contributed by atoms with van der Waals surface area (Å²) in [5.41, 5.74) is 5.54. The van der Waals surface area contributed by atoms with E-state index in [9.17, 15) is 13.2 Å². The number of rotatable bonds is 5.